The standard InChI is InChI=1S/C5H4ClIN2O/c1-10-3-2-8-5(7)4(6)9-3/h2H,1H3. The third kappa shape index (κ3) is 1.69. The van der Waals surface area contributed by atoms with Crippen LogP contribution in [0.4, 0.5) is 0 Å². The molecule has 5 heteroatoms. The van der Waals surface area contributed by atoms with E-state index in [9.17, 15) is 0 Å². The van der Waals surface area contributed by atoms with Crippen molar-refractivity contribution in [2.24, 2.45) is 0 Å². The van der Waals surface area contributed by atoms with E-state index < -0.39 is 0 Å². The normalized spacial score (nSPS) is 9.50. The fourth-order valence-corrected chi connectivity index (χ4v) is 0.827. The first-order chi connectivity index (χ1) is 4.74. The van der Waals surface area contributed by atoms with Crippen molar-refractivity contribution in [3.8, 4) is 5.88 Å². The molecule has 0 radical (unpaired) electrons. The largest absolute Gasteiger partial charge is 0.480 e. The van der Waals surface area contributed by atoms with E-state index in [1.165, 1.54) is 13.3 Å². The average Bonchev–Trinajstić information content (AvgIpc) is 1.95. The Bertz CT molecular complexity index is 243. The summed E-state index contributed by atoms with van der Waals surface area (Å²) in [5.74, 6) is 0.436. The number of halogens is 2. The zero-order valence-corrected chi connectivity index (χ0v) is 8.05. The van der Waals surface area contributed by atoms with Gasteiger partial charge in [0.2, 0.25) is 5.88 Å². The molecule has 0 aliphatic rings. The maximum absolute atomic E-state index is 5.63. The topological polar surface area (TPSA) is 35.0 Å². The van der Waals surface area contributed by atoms with Crippen LogP contribution in [0.5, 0.6) is 5.88 Å². The van der Waals surface area contributed by atoms with Gasteiger partial charge in [-0.1, -0.05) is 11.6 Å². The lowest BCUT2D eigenvalue weighted by atomic mass is 10.7. The van der Waals surface area contributed by atoms with Crippen LogP contribution in [0.25, 0.3) is 0 Å². The second kappa shape index (κ2) is 3.34. The summed E-state index contributed by atoms with van der Waals surface area (Å²) in [7, 11) is 1.52. The highest BCUT2D eigenvalue weighted by atomic mass is 127. The minimum atomic E-state index is 0.375. The smallest absolute Gasteiger partial charge is 0.233 e. The molecule has 0 fully saturated rings. The zero-order valence-electron chi connectivity index (χ0n) is 5.14. The van der Waals surface area contributed by atoms with Crippen molar-refractivity contribution in [2.45, 2.75) is 0 Å². The molecule has 0 amide bonds. The summed E-state index contributed by atoms with van der Waals surface area (Å²) in [5, 5.41) is 0.375. The molecule has 10 heavy (non-hydrogen) atoms. The summed E-state index contributed by atoms with van der Waals surface area (Å²) in [5.41, 5.74) is 0. The van der Waals surface area contributed by atoms with Gasteiger partial charge >= 0.3 is 0 Å². The van der Waals surface area contributed by atoms with E-state index in [-0.39, 0.29) is 0 Å². The van der Waals surface area contributed by atoms with Gasteiger partial charge in [0.15, 0.2) is 5.15 Å². The van der Waals surface area contributed by atoms with Gasteiger partial charge in [-0.25, -0.2) is 4.98 Å². The summed E-state index contributed by atoms with van der Waals surface area (Å²) in [4.78, 5) is 7.78. The lowest BCUT2D eigenvalue weighted by molar-refractivity contribution is 0.395. The molecule has 0 atom stereocenters. The van der Waals surface area contributed by atoms with Gasteiger partial charge in [0.05, 0.1) is 13.3 Å². The molecular formula is C5H4ClIN2O. The molecule has 0 saturated carbocycles. The second-order valence-electron chi connectivity index (χ2n) is 1.49. The molecule has 0 bridgehead atoms. The predicted molar refractivity (Wildman–Crippen MR) is 46.3 cm³/mol. The molecule has 1 aromatic rings. The van der Waals surface area contributed by atoms with Crippen LogP contribution in [-0.4, -0.2) is 17.1 Å². The quantitative estimate of drug-likeness (QED) is 0.729. The first-order valence-electron chi connectivity index (χ1n) is 2.46. The minimum absolute atomic E-state index is 0.375. The highest BCUT2D eigenvalue weighted by Gasteiger charge is 2.00. The van der Waals surface area contributed by atoms with Gasteiger partial charge in [-0.15, -0.1) is 0 Å². The average molecular weight is 270 g/mol. The molecule has 0 N–H and O–H groups in total. The van der Waals surface area contributed by atoms with E-state index in [0.717, 1.165) is 0 Å². The van der Waals surface area contributed by atoms with Crippen LogP contribution >= 0.6 is 34.2 Å². The number of methoxy groups -OCH3 is 1. The van der Waals surface area contributed by atoms with Crippen molar-refractivity contribution in [3.05, 3.63) is 15.1 Å². The molecule has 0 aliphatic carbocycles. The lowest BCUT2D eigenvalue weighted by Crippen LogP contribution is -1.91. The van der Waals surface area contributed by atoms with Gasteiger partial charge in [-0.05, 0) is 22.6 Å². The maximum atomic E-state index is 5.63. The Balaban J connectivity index is 3.04. The Morgan fingerprint density at radius 3 is 2.90 bits per heavy atom. The van der Waals surface area contributed by atoms with Crippen molar-refractivity contribution in [1.29, 1.82) is 0 Å². The molecule has 0 spiro atoms. The predicted octanol–water partition coefficient (Wildman–Crippen LogP) is 1.74. The molecule has 0 unspecified atom stereocenters. The first-order valence-corrected chi connectivity index (χ1v) is 3.91. The van der Waals surface area contributed by atoms with Gasteiger partial charge in [0, 0.05) is 0 Å². The highest BCUT2D eigenvalue weighted by Crippen LogP contribution is 2.15. The number of ether oxygens (including phenoxy) is 1. The van der Waals surface area contributed by atoms with Crippen LogP contribution in [0.2, 0.25) is 5.15 Å². The molecule has 0 aromatic carbocycles. The third-order valence-electron chi connectivity index (χ3n) is 0.876. The fraction of sp³-hybridized carbons (Fsp3) is 0.200. The molecule has 54 valence electrons. The Hall–Kier alpha value is -0.100. The van der Waals surface area contributed by atoms with Crippen LogP contribution < -0.4 is 4.74 Å². The second-order valence-corrected chi connectivity index (χ2v) is 2.87. The summed E-state index contributed by atoms with van der Waals surface area (Å²) >= 11 is 7.63. The molecule has 1 aromatic heterocycles. The van der Waals surface area contributed by atoms with Gasteiger partial charge in [0.25, 0.3) is 0 Å². The van der Waals surface area contributed by atoms with Gasteiger partial charge in [-0.2, -0.15) is 4.98 Å². The fourth-order valence-electron chi connectivity index (χ4n) is 0.435. The third-order valence-corrected chi connectivity index (χ3v) is 2.25. The Morgan fingerprint density at radius 1 is 1.70 bits per heavy atom. The van der Waals surface area contributed by atoms with Crippen molar-refractivity contribution >= 4 is 34.2 Å². The van der Waals surface area contributed by atoms with Crippen LogP contribution in [0.3, 0.4) is 0 Å². The van der Waals surface area contributed by atoms with Crippen LogP contribution in [0.15, 0.2) is 6.20 Å². The van der Waals surface area contributed by atoms with E-state index in [1.807, 2.05) is 22.6 Å². The zero-order chi connectivity index (χ0) is 7.56. The van der Waals surface area contributed by atoms with E-state index in [4.69, 9.17) is 16.3 Å². The summed E-state index contributed by atoms with van der Waals surface area (Å²) < 4.78 is 5.47. The molecular weight excluding hydrogens is 266 g/mol. The van der Waals surface area contributed by atoms with Crippen LogP contribution in [0.1, 0.15) is 0 Å². The van der Waals surface area contributed by atoms with Crippen molar-refractivity contribution < 1.29 is 4.74 Å². The first kappa shape index (κ1) is 8.00. The van der Waals surface area contributed by atoms with E-state index in [0.29, 0.717) is 14.7 Å². The number of hydrogen-bond acceptors (Lipinski definition) is 3. The van der Waals surface area contributed by atoms with Crippen LogP contribution in [0, 0.1) is 3.70 Å². The van der Waals surface area contributed by atoms with Crippen molar-refractivity contribution in [1.82, 2.24) is 9.97 Å². The molecule has 3 nitrogen and oxygen atoms in total. The van der Waals surface area contributed by atoms with E-state index in [2.05, 4.69) is 9.97 Å². The van der Waals surface area contributed by atoms with E-state index >= 15 is 0 Å². The lowest BCUT2D eigenvalue weighted by Gasteiger charge is -1.97. The van der Waals surface area contributed by atoms with Gasteiger partial charge in [0.1, 0.15) is 3.70 Å². The van der Waals surface area contributed by atoms with Gasteiger partial charge < -0.3 is 4.74 Å². The monoisotopic (exact) mass is 270 g/mol. The summed E-state index contributed by atoms with van der Waals surface area (Å²) in [6, 6.07) is 0. The van der Waals surface area contributed by atoms with Crippen molar-refractivity contribution in [2.75, 3.05) is 7.11 Å². The molecule has 0 aliphatic heterocycles. The number of nitrogens with zero attached hydrogens (tertiary/aromatic N) is 2. The number of hydrogen-bond donors (Lipinski definition) is 0. The maximum Gasteiger partial charge on any atom is 0.233 e. The Labute approximate surface area is 76.9 Å². The Kier molecular flexibility index (Phi) is 2.67. The summed E-state index contributed by atoms with van der Waals surface area (Å²) in [6.45, 7) is 0. The highest BCUT2D eigenvalue weighted by molar-refractivity contribution is 14.1. The molecule has 1 heterocycles. The SMILES string of the molecule is COc1cnc(I)c(Cl)n1. The number of aromatic nitrogens is 2. The van der Waals surface area contributed by atoms with Crippen molar-refractivity contribution in [3.63, 3.8) is 0 Å². The minimum Gasteiger partial charge on any atom is -0.480 e. The van der Waals surface area contributed by atoms with Crippen LogP contribution in [-0.2, 0) is 0 Å². The summed E-state index contributed by atoms with van der Waals surface area (Å²) in [6.07, 6.45) is 1.52. The molecule has 0 saturated heterocycles. The van der Waals surface area contributed by atoms with E-state index in [1.54, 1.807) is 0 Å². The Morgan fingerprint density at radius 2 is 2.40 bits per heavy atom. The van der Waals surface area contributed by atoms with Gasteiger partial charge in [-0.3, -0.25) is 0 Å². The molecule has 1 rings (SSSR count). The number of rotatable bonds is 1.